The molecule has 1 fully saturated rings. The number of hydrogen-bond acceptors (Lipinski definition) is 2. The largest absolute Gasteiger partial charge is 0.299 e. The van der Waals surface area contributed by atoms with Crippen LogP contribution in [0.3, 0.4) is 0 Å². The standard InChI is InChI=1S/C11H21NS/c1-2-7-12(8-3-4-9-13)10-11-5-6-11/h3-4,11,13H,2,5-10H2,1H3. The summed E-state index contributed by atoms with van der Waals surface area (Å²) in [6, 6.07) is 0. The van der Waals surface area contributed by atoms with Crippen LogP contribution >= 0.6 is 12.6 Å². The number of nitrogens with zero attached hydrogens (tertiary/aromatic N) is 1. The Kier molecular flexibility index (Phi) is 5.56. The molecule has 0 aromatic rings. The molecule has 0 unspecified atom stereocenters. The van der Waals surface area contributed by atoms with E-state index in [-0.39, 0.29) is 0 Å². The first kappa shape index (κ1) is 11.1. The lowest BCUT2D eigenvalue weighted by Crippen LogP contribution is -2.27. The van der Waals surface area contributed by atoms with Crippen molar-refractivity contribution in [3.63, 3.8) is 0 Å². The van der Waals surface area contributed by atoms with Crippen LogP contribution in [0.15, 0.2) is 12.2 Å². The van der Waals surface area contributed by atoms with Gasteiger partial charge >= 0.3 is 0 Å². The van der Waals surface area contributed by atoms with Crippen molar-refractivity contribution >= 4 is 12.6 Å². The Hall–Kier alpha value is 0.0500. The van der Waals surface area contributed by atoms with E-state index in [1.54, 1.807) is 0 Å². The smallest absolute Gasteiger partial charge is 0.0163 e. The van der Waals surface area contributed by atoms with Crippen molar-refractivity contribution in [1.82, 2.24) is 4.90 Å². The highest BCUT2D eigenvalue weighted by Gasteiger charge is 2.23. The van der Waals surface area contributed by atoms with E-state index in [2.05, 4.69) is 36.6 Å². The zero-order valence-electron chi connectivity index (χ0n) is 8.58. The average Bonchev–Trinajstić information content (AvgIpc) is 2.89. The van der Waals surface area contributed by atoms with Gasteiger partial charge in [-0.1, -0.05) is 19.1 Å². The van der Waals surface area contributed by atoms with Crippen LogP contribution in [0.5, 0.6) is 0 Å². The Labute approximate surface area is 87.6 Å². The van der Waals surface area contributed by atoms with Gasteiger partial charge in [0.1, 0.15) is 0 Å². The van der Waals surface area contributed by atoms with Gasteiger partial charge in [0.15, 0.2) is 0 Å². The van der Waals surface area contributed by atoms with Crippen LogP contribution in [-0.4, -0.2) is 30.3 Å². The molecule has 1 saturated carbocycles. The molecule has 0 amide bonds. The molecule has 0 aromatic heterocycles. The second kappa shape index (κ2) is 6.50. The van der Waals surface area contributed by atoms with E-state index in [0.29, 0.717) is 0 Å². The van der Waals surface area contributed by atoms with Gasteiger partial charge < -0.3 is 0 Å². The molecule has 1 aliphatic rings. The van der Waals surface area contributed by atoms with Crippen LogP contribution in [-0.2, 0) is 0 Å². The molecule has 1 nitrogen and oxygen atoms in total. The third-order valence-corrected chi connectivity index (χ3v) is 2.60. The lowest BCUT2D eigenvalue weighted by Gasteiger charge is -2.19. The molecular weight excluding hydrogens is 178 g/mol. The second-order valence-electron chi connectivity index (χ2n) is 3.86. The number of hydrogen-bond donors (Lipinski definition) is 1. The van der Waals surface area contributed by atoms with Crippen LogP contribution in [0.25, 0.3) is 0 Å². The molecule has 0 radical (unpaired) electrons. The van der Waals surface area contributed by atoms with Gasteiger partial charge in [-0.05, 0) is 31.7 Å². The van der Waals surface area contributed by atoms with Gasteiger partial charge in [-0.15, -0.1) is 0 Å². The van der Waals surface area contributed by atoms with Crippen LogP contribution < -0.4 is 0 Å². The quantitative estimate of drug-likeness (QED) is 0.487. The molecule has 0 atom stereocenters. The topological polar surface area (TPSA) is 3.24 Å². The minimum Gasteiger partial charge on any atom is -0.299 e. The summed E-state index contributed by atoms with van der Waals surface area (Å²) in [5.74, 6) is 1.87. The van der Waals surface area contributed by atoms with Crippen molar-refractivity contribution < 1.29 is 0 Å². The summed E-state index contributed by atoms with van der Waals surface area (Å²) < 4.78 is 0. The zero-order chi connectivity index (χ0) is 9.52. The Bertz CT molecular complexity index is 152. The third kappa shape index (κ3) is 5.37. The monoisotopic (exact) mass is 199 g/mol. The first-order valence-electron chi connectivity index (χ1n) is 5.35. The molecule has 0 bridgehead atoms. The Balaban J connectivity index is 2.15. The predicted octanol–water partition coefficient (Wildman–Crippen LogP) is 2.59. The average molecular weight is 199 g/mol. The van der Waals surface area contributed by atoms with Crippen LogP contribution in [0.1, 0.15) is 26.2 Å². The summed E-state index contributed by atoms with van der Waals surface area (Å²) in [6.07, 6.45) is 8.55. The lowest BCUT2D eigenvalue weighted by molar-refractivity contribution is 0.291. The molecule has 0 aromatic carbocycles. The summed E-state index contributed by atoms with van der Waals surface area (Å²) >= 11 is 4.15. The Morgan fingerprint density at radius 2 is 2.15 bits per heavy atom. The predicted molar refractivity (Wildman–Crippen MR) is 62.4 cm³/mol. The third-order valence-electron chi connectivity index (χ3n) is 2.39. The molecular formula is C11H21NS. The van der Waals surface area contributed by atoms with Gasteiger partial charge in [-0.2, -0.15) is 12.6 Å². The van der Waals surface area contributed by atoms with Gasteiger partial charge in [0.05, 0.1) is 0 Å². The molecule has 1 rings (SSSR count). The molecule has 2 heteroatoms. The fraction of sp³-hybridized carbons (Fsp3) is 0.818. The fourth-order valence-corrected chi connectivity index (χ4v) is 1.69. The van der Waals surface area contributed by atoms with Crippen molar-refractivity contribution in [3.05, 3.63) is 12.2 Å². The maximum Gasteiger partial charge on any atom is 0.0163 e. The van der Waals surface area contributed by atoms with Gasteiger partial charge in [-0.25, -0.2) is 0 Å². The van der Waals surface area contributed by atoms with Crippen molar-refractivity contribution in [2.24, 2.45) is 5.92 Å². The van der Waals surface area contributed by atoms with Gasteiger partial charge in [0.25, 0.3) is 0 Å². The molecule has 0 saturated heterocycles. The maximum atomic E-state index is 4.15. The van der Waals surface area contributed by atoms with E-state index in [4.69, 9.17) is 0 Å². The van der Waals surface area contributed by atoms with E-state index in [1.807, 2.05) is 0 Å². The maximum absolute atomic E-state index is 4.15. The van der Waals surface area contributed by atoms with Crippen LogP contribution in [0, 0.1) is 5.92 Å². The highest BCUT2D eigenvalue weighted by molar-refractivity contribution is 7.80. The summed E-state index contributed by atoms with van der Waals surface area (Å²) in [5.41, 5.74) is 0. The second-order valence-corrected chi connectivity index (χ2v) is 4.22. The van der Waals surface area contributed by atoms with Crippen molar-refractivity contribution in [3.8, 4) is 0 Å². The summed E-state index contributed by atoms with van der Waals surface area (Å²) in [4.78, 5) is 2.55. The molecule has 1 aliphatic carbocycles. The fourth-order valence-electron chi connectivity index (χ4n) is 1.54. The van der Waals surface area contributed by atoms with Crippen LogP contribution in [0.4, 0.5) is 0 Å². The molecule has 0 aliphatic heterocycles. The molecule has 76 valence electrons. The minimum absolute atomic E-state index is 0.864. The van der Waals surface area contributed by atoms with E-state index < -0.39 is 0 Å². The Morgan fingerprint density at radius 3 is 2.69 bits per heavy atom. The van der Waals surface area contributed by atoms with Crippen molar-refractivity contribution in [1.29, 1.82) is 0 Å². The van der Waals surface area contributed by atoms with Crippen LogP contribution in [0.2, 0.25) is 0 Å². The number of thiol groups is 1. The summed E-state index contributed by atoms with van der Waals surface area (Å²) in [5, 5.41) is 0. The Morgan fingerprint density at radius 1 is 1.38 bits per heavy atom. The van der Waals surface area contributed by atoms with Crippen molar-refractivity contribution in [2.45, 2.75) is 26.2 Å². The minimum atomic E-state index is 0.864. The molecule has 13 heavy (non-hydrogen) atoms. The first-order valence-corrected chi connectivity index (χ1v) is 5.98. The normalized spacial score (nSPS) is 17.5. The van der Waals surface area contributed by atoms with E-state index in [9.17, 15) is 0 Å². The van der Waals surface area contributed by atoms with Gasteiger partial charge in [0, 0.05) is 18.8 Å². The summed E-state index contributed by atoms with van der Waals surface area (Å²) in [6.45, 7) is 5.92. The highest BCUT2D eigenvalue weighted by atomic mass is 32.1. The van der Waals surface area contributed by atoms with E-state index in [1.165, 1.54) is 32.4 Å². The van der Waals surface area contributed by atoms with Gasteiger partial charge in [0.2, 0.25) is 0 Å². The van der Waals surface area contributed by atoms with Gasteiger partial charge in [-0.3, -0.25) is 4.90 Å². The molecule has 0 heterocycles. The van der Waals surface area contributed by atoms with E-state index >= 15 is 0 Å². The SMILES string of the molecule is CCCN(CC=CCS)CC1CC1. The first-order chi connectivity index (χ1) is 6.36. The summed E-state index contributed by atoms with van der Waals surface area (Å²) in [7, 11) is 0. The lowest BCUT2D eigenvalue weighted by atomic mass is 10.3. The van der Waals surface area contributed by atoms with E-state index in [0.717, 1.165) is 18.2 Å². The molecule has 0 N–H and O–H groups in total. The highest BCUT2D eigenvalue weighted by Crippen LogP contribution is 2.29. The number of rotatable bonds is 7. The van der Waals surface area contributed by atoms with Crippen molar-refractivity contribution in [2.75, 3.05) is 25.4 Å². The zero-order valence-corrected chi connectivity index (χ0v) is 9.47. The molecule has 0 spiro atoms.